The van der Waals surface area contributed by atoms with Crippen molar-refractivity contribution >= 4 is 0 Å². The van der Waals surface area contributed by atoms with Crippen LogP contribution < -0.4 is 0 Å². The van der Waals surface area contributed by atoms with Crippen LogP contribution in [-0.4, -0.2) is 0 Å². The Morgan fingerprint density at radius 3 is 2.91 bits per heavy atom. The molecule has 4 atom stereocenters. The first-order valence-electron chi connectivity index (χ1n) is 5.03. The molecule has 0 radical (unpaired) electrons. The number of hydrogen-bond donors (Lipinski definition) is 0. The summed E-state index contributed by atoms with van der Waals surface area (Å²) in [4.78, 5) is 0. The predicted octanol–water partition coefficient (Wildman–Crippen LogP) is 3.00. The third kappa shape index (κ3) is 0.758. The van der Waals surface area contributed by atoms with Gasteiger partial charge in [-0.3, -0.25) is 0 Å². The molecule has 0 aromatic rings. The Kier molecular flexibility index (Phi) is 1.09. The van der Waals surface area contributed by atoms with Crippen LogP contribution in [0.25, 0.3) is 0 Å². The lowest BCUT2D eigenvalue weighted by Crippen LogP contribution is -2.37. The van der Waals surface area contributed by atoms with E-state index < -0.39 is 0 Å². The molecule has 4 aliphatic carbocycles. The Hall–Kier alpha value is -0.260. The lowest BCUT2D eigenvalue weighted by Gasteiger charge is -2.48. The van der Waals surface area contributed by atoms with E-state index in [9.17, 15) is 0 Å². The molecule has 2 saturated carbocycles. The normalized spacial score (nSPS) is 53.0. The monoisotopic (exact) mass is 148 g/mol. The highest BCUT2D eigenvalue weighted by atomic mass is 14.5. The second kappa shape index (κ2) is 1.91. The van der Waals surface area contributed by atoms with E-state index in [0.29, 0.717) is 0 Å². The van der Waals surface area contributed by atoms with Gasteiger partial charge in [0.1, 0.15) is 0 Å². The van der Waals surface area contributed by atoms with Crippen molar-refractivity contribution in [1.29, 1.82) is 0 Å². The van der Waals surface area contributed by atoms with Crippen molar-refractivity contribution in [3.05, 3.63) is 11.6 Å². The zero-order chi connectivity index (χ0) is 7.42. The minimum Gasteiger partial charge on any atom is -0.0819 e. The van der Waals surface area contributed by atoms with Crippen LogP contribution in [0.2, 0.25) is 0 Å². The second-order valence-electron chi connectivity index (χ2n) is 4.83. The van der Waals surface area contributed by atoms with Crippen LogP contribution in [0.4, 0.5) is 0 Å². The molecule has 2 fully saturated rings. The van der Waals surface area contributed by atoms with Gasteiger partial charge in [0.2, 0.25) is 0 Å². The fourth-order valence-corrected chi connectivity index (χ4v) is 3.59. The van der Waals surface area contributed by atoms with E-state index in [4.69, 9.17) is 0 Å². The molecule has 4 bridgehead atoms. The molecule has 0 heterocycles. The lowest BCUT2D eigenvalue weighted by atomic mass is 9.57. The van der Waals surface area contributed by atoms with E-state index in [0.717, 1.165) is 23.7 Å². The summed E-state index contributed by atoms with van der Waals surface area (Å²) in [5.74, 6) is 4.11. The summed E-state index contributed by atoms with van der Waals surface area (Å²) in [7, 11) is 0. The molecule has 0 nitrogen and oxygen atoms in total. The number of allylic oxidation sites excluding steroid dienone is 2. The maximum absolute atomic E-state index is 2.59. The van der Waals surface area contributed by atoms with Gasteiger partial charge in [-0.1, -0.05) is 18.6 Å². The first-order valence-corrected chi connectivity index (χ1v) is 5.03. The van der Waals surface area contributed by atoms with Crippen molar-refractivity contribution in [2.75, 3.05) is 0 Å². The molecule has 0 aromatic heterocycles. The second-order valence-corrected chi connectivity index (χ2v) is 4.83. The van der Waals surface area contributed by atoms with Crippen LogP contribution in [0.15, 0.2) is 11.6 Å². The smallest absolute Gasteiger partial charge is 0.0203 e. The van der Waals surface area contributed by atoms with Gasteiger partial charge in [0.25, 0.3) is 0 Å². The third-order valence-electron chi connectivity index (χ3n) is 4.14. The molecule has 0 spiro atoms. The molecule has 4 unspecified atom stereocenters. The molecule has 0 N–H and O–H groups in total. The molecule has 0 saturated heterocycles. The highest BCUT2D eigenvalue weighted by Crippen LogP contribution is 2.52. The van der Waals surface area contributed by atoms with E-state index in [1.807, 2.05) is 5.57 Å². The van der Waals surface area contributed by atoms with Gasteiger partial charge in [0, 0.05) is 0 Å². The van der Waals surface area contributed by atoms with Gasteiger partial charge >= 0.3 is 0 Å². The summed E-state index contributed by atoms with van der Waals surface area (Å²) < 4.78 is 0. The Morgan fingerprint density at radius 1 is 1.27 bits per heavy atom. The summed E-state index contributed by atoms with van der Waals surface area (Å²) in [6.45, 7) is 2.44. The largest absolute Gasteiger partial charge is 0.0819 e. The molecule has 0 aromatic carbocycles. The average Bonchev–Trinajstić information content (AvgIpc) is 1.98. The highest BCUT2D eigenvalue weighted by molar-refractivity contribution is 5.20. The molecular formula is C11H16. The fraction of sp³-hybridized carbons (Fsp3) is 0.818. The van der Waals surface area contributed by atoms with Crippen LogP contribution in [0.3, 0.4) is 0 Å². The molecule has 0 aliphatic heterocycles. The summed E-state index contributed by atoms with van der Waals surface area (Å²) >= 11 is 0. The Morgan fingerprint density at radius 2 is 2.18 bits per heavy atom. The minimum absolute atomic E-state index is 0.947. The summed E-state index contributed by atoms with van der Waals surface area (Å²) in [6.07, 6.45) is 8.63. The van der Waals surface area contributed by atoms with Crippen molar-refractivity contribution < 1.29 is 0 Å². The Labute approximate surface area is 68.7 Å². The van der Waals surface area contributed by atoms with Gasteiger partial charge in [-0.15, -0.1) is 0 Å². The third-order valence-corrected chi connectivity index (χ3v) is 4.14. The fourth-order valence-electron chi connectivity index (χ4n) is 3.59. The summed E-state index contributed by atoms with van der Waals surface area (Å²) in [5, 5.41) is 0. The standard InChI is InChI=1S/C11H16/c1-7-10-3-8-2-9(5-10)6-11(7)4-8/h3,7-9,11H,2,4-6H2,1H3. The van der Waals surface area contributed by atoms with Crippen LogP contribution in [-0.2, 0) is 0 Å². The van der Waals surface area contributed by atoms with Gasteiger partial charge in [-0.05, 0) is 49.4 Å². The zero-order valence-corrected chi connectivity index (χ0v) is 7.22. The lowest BCUT2D eigenvalue weighted by molar-refractivity contribution is 0.125. The molecular weight excluding hydrogens is 132 g/mol. The van der Waals surface area contributed by atoms with E-state index in [1.165, 1.54) is 19.3 Å². The van der Waals surface area contributed by atoms with Gasteiger partial charge < -0.3 is 0 Å². The number of rotatable bonds is 0. The van der Waals surface area contributed by atoms with E-state index in [-0.39, 0.29) is 0 Å². The van der Waals surface area contributed by atoms with Gasteiger partial charge in [-0.2, -0.15) is 0 Å². The zero-order valence-electron chi connectivity index (χ0n) is 7.22. The maximum Gasteiger partial charge on any atom is -0.0203 e. The van der Waals surface area contributed by atoms with E-state index in [1.54, 1.807) is 6.42 Å². The van der Waals surface area contributed by atoms with Crippen LogP contribution >= 0.6 is 0 Å². The maximum atomic E-state index is 2.59. The number of hydrogen-bond acceptors (Lipinski definition) is 0. The van der Waals surface area contributed by atoms with Gasteiger partial charge in [-0.25, -0.2) is 0 Å². The molecule has 4 aliphatic rings. The summed E-state index contributed by atoms with van der Waals surface area (Å²) in [5.41, 5.74) is 1.81. The van der Waals surface area contributed by atoms with Crippen molar-refractivity contribution in [2.45, 2.75) is 32.6 Å². The van der Waals surface area contributed by atoms with E-state index >= 15 is 0 Å². The summed E-state index contributed by atoms with van der Waals surface area (Å²) in [6, 6.07) is 0. The predicted molar refractivity (Wildman–Crippen MR) is 46.2 cm³/mol. The molecule has 60 valence electrons. The first kappa shape index (κ1) is 6.28. The minimum atomic E-state index is 0.947. The molecule has 11 heavy (non-hydrogen) atoms. The Bertz CT molecular complexity index is 214. The van der Waals surface area contributed by atoms with Crippen molar-refractivity contribution in [3.63, 3.8) is 0 Å². The van der Waals surface area contributed by atoms with Crippen molar-refractivity contribution in [1.82, 2.24) is 0 Å². The molecule has 0 amide bonds. The van der Waals surface area contributed by atoms with Gasteiger partial charge in [0.15, 0.2) is 0 Å². The molecule has 0 heteroatoms. The quantitative estimate of drug-likeness (QED) is 0.463. The van der Waals surface area contributed by atoms with Crippen molar-refractivity contribution in [2.24, 2.45) is 23.7 Å². The van der Waals surface area contributed by atoms with Gasteiger partial charge in [0.05, 0.1) is 0 Å². The SMILES string of the molecule is CC1C2=CC3CC(C2)CC1C3. The topological polar surface area (TPSA) is 0 Å². The Balaban J connectivity index is 2.04. The van der Waals surface area contributed by atoms with Crippen LogP contribution in [0, 0.1) is 23.7 Å². The average molecular weight is 148 g/mol. The highest BCUT2D eigenvalue weighted by Gasteiger charge is 2.41. The van der Waals surface area contributed by atoms with Crippen LogP contribution in [0.1, 0.15) is 32.6 Å². The van der Waals surface area contributed by atoms with E-state index in [2.05, 4.69) is 13.0 Å². The molecule has 4 rings (SSSR count). The van der Waals surface area contributed by atoms with Crippen molar-refractivity contribution in [3.8, 4) is 0 Å². The van der Waals surface area contributed by atoms with Crippen LogP contribution in [0.5, 0.6) is 0 Å². The first-order chi connectivity index (χ1) is 5.33.